The van der Waals surface area contributed by atoms with Gasteiger partial charge in [-0.25, -0.2) is 0 Å². The topological polar surface area (TPSA) is 73.5 Å². The summed E-state index contributed by atoms with van der Waals surface area (Å²) in [5.74, 6) is 0.594. The minimum Gasteiger partial charge on any atom is -0.347 e. The number of hydrogen-bond acceptors (Lipinski definition) is 5. The molecule has 0 aliphatic carbocycles. The highest BCUT2D eigenvalue weighted by molar-refractivity contribution is 5.38. The SMILES string of the molecule is Cn1ccc(CNc2nnnn2-c2ccccc2)n1. The van der Waals surface area contributed by atoms with E-state index in [9.17, 15) is 0 Å². The highest BCUT2D eigenvalue weighted by Gasteiger charge is 2.07. The maximum absolute atomic E-state index is 4.29. The number of rotatable bonds is 4. The summed E-state index contributed by atoms with van der Waals surface area (Å²) < 4.78 is 3.42. The van der Waals surface area contributed by atoms with Crippen LogP contribution in [0, 0.1) is 0 Å². The van der Waals surface area contributed by atoms with Gasteiger partial charge in [-0.2, -0.15) is 9.78 Å². The molecule has 0 spiro atoms. The second-order valence-corrected chi connectivity index (χ2v) is 4.08. The van der Waals surface area contributed by atoms with Crippen molar-refractivity contribution in [3.63, 3.8) is 0 Å². The number of nitrogens with zero attached hydrogens (tertiary/aromatic N) is 6. The van der Waals surface area contributed by atoms with E-state index in [2.05, 4.69) is 25.9 Å². The molecule has 1 N–H and O–H groups in total. The van der Waals surface area contributed by atoms with Crippen molar-refractivity contribution in [3.8, 4) is 5.69 Å². The van der Waals surface area contributed by atoms with Crippen LogP contribution in [0.1, 0.15) is 5.69 Å². The fourth-order valence-corrected chi connectivity index (χ4v) is 1.77. The van der Waals surface area contributed by atoms with Gasteiger partial charge in [-0.05, 0) is 28.6 Å². The molecule has 2 heterocycles. The minimum atomic E-state index is 0.577. The van der Waals surface area contributed by atoms with Crippen LogP contribution in [0.4, 0.5) is 5.95 Å². The molecule has 0 aliphatic rings. The van der Waals surface area contributed by atoms with E-state index in [1.165, 1.54) is 0 Å². The van der Waals surface area contributed by atoms with Crippen LogP contribution < -0.4 is 5.32 Å². The van der Waals surface area contributed by atoms with Crippen LogP contribution in [-0.2, 0) is 13.6 Å². The van der Waals surface area contributed by atoms with E-state index in [4.69, 9.17) is 0 Å². The zero-order valence-corrected chi connectivity index (χ0v) is 10.4. The summed E-state index contributed by atoms with van der Waals surface area (Å²) in [5.41, 5.74) is 1.85. The third-order valence-electron chi connectivity index (χ3n) is 2.67. The molecule has 0 unspecified atom stereocenters. The second kappa shape index (κ2) is 4.89. The average molecular weight is 255 g/mol. The molecule has 2 aromatic heterocycles. The van der Waals surface area contributed by atoms with Crippen molar-refractivity contribution >= 4 is 5.95 Å². The first-order valence-electron chi connectivity index (χ1n) is 5.89. The van der Waals surface area contributed by atoms with Crippen LogP contribution in [0.2, 0.25) is 0 Å². The third kappa shape index (κ3) is 2.44. The molecule has 3 aromatic rings. The van der Waals surface area contributed by atoms with Gasteiger partial charge in [0.2, 0.25) is 5.95 Å². The molecular weight excluding hydrogens is 242 g/mol. The van der Waals surface area contributed by atoms with Gasteiger partial charge in [0, 0.05) is 13.2 Å². The normalized spacial score (nSPS) is 10.6. The number of tetrazole rings is 1. The number of nitrogens with one attached hydrogen (secondary N) is 1. The number of aromatic nitrogens is 6. The molecular formula is C12H13N7. The van der Waals surface area contributed by atoms with E-state index < -0.39 is 0 Å². The molecule has 0 fully saturated rings. The maximum Gasteiger partial charge on any atom is 0.248 e. The highest BCUT2D eigenvalue weighted by Crippen LogP contribution is 2.11. The minimum absolute atomic E-state index is 0.577. The highest BCUT2D eigenvalue weighted by atomic mass is 15.6. The third-order valence-corrected chi connectivity index (χ3v) is 2.67. The summed E-state index contributed by atoms with van der Waals surface area (Å²) in [6.07, 6.45) is 1.90. The molecule has 0 atom stereocenters. The zero-order valence-electron chi connectivity index (χ0n) is 10.4. The van der Waals surface area contributed by atoms with Crippen molar-refractivity contribution in [1.29, 1.82) is 0 Å². The van der Waals surface area contributed by atoms with Crippen molar-refractivity contribution in [1.82, 2.24) is 30.0 Å². The van der Waals surface area contributed by atoms with Crippen molar-refractivity contribution in [2.45, 2.75) is 6.54 Å². The molecule has 96 valence electrons. The monoisotopic (exact) mass is 255 g/mol. The Bertz CT molecular complexity index is 656. The number of benzene rings is 1. The second-order valence-electron chi connectivity index (χ2n) is 4.08. The molecule has 0 saturated carbocycles. The molecule has 0 bridgehead atoms. The number of aryl methyl sites for hydroxylation is 1. The Morgan fingerprint density at radius 3 is 2.74 bits per heavy atom. The smallest absolute Gasteiger partial charge is 0.248 e. The molecule has 7 nitrogen and oxygen atoms in total. The van der Waals surface area contributed by atoms with Crippen molar-refractivity contribution in [2.24, 2.45) is 7.05 Å². The summed E-state index contributed by atoms with van der Waals surface area (Å²) >= 11 is 0. The van der Waals surface area contributed by atoms with Gasteiger partial charge in [0.15, 0.2) is 0 Å². The fraction of sp³-hybridized carbons (Fsp3) is 0.167. The van der Waals surface area contributed by atoms with Gasteiger partial charge in [0.1, 0.15) is 0 Å². The predicted octanol–water partition coefficient (Wildman–Crippen LogP) is 1.01. The molecule has 0 amide bonds. The molecule has 7 heteroatoms. The lowest BCUT2D eigenvalue weighted by molar-refractivity contribution is 0.745. The summed E-state index contributed by atoms with van der Waals surface area (Å²) in [7, 11) is 1.89. The van der Waals surface area contributed by atoms with E-state index in [0.717, 1.165) is 11.4 Å². The maximum atomic E-state index is 4.29. The molecule has 1 aromatic carbocycles. The van der Waals surface area contributed by atoms with Crippen LogP contribution in [0.25, 0.3) is 5.69 Å². The molecule has 3 rings (SSSR count). The van der Waals surface area contributed by atoms with Gasteiger partial charge in [0.05, 0.1) is 17.9 Å². The molecule has 19 heavy (non-hydrogen) atoms. The Labute approximate surface area is 109 Å². The van der Waals surface area contributed by atoms with E-state index in [-0.39, 0.29) is 0 Å². The average Bonchev–Trinajstić information content (AvgIpc) is 3.06. The van der Waals surface area contributed by atoms with Crippen LogP contribution in [0.15, 0.2) is 42.6 Å². The first-order valence-corrected chi connectivity index (χ1v) is 5.89. The summed E-state index contributed by atoms with van der Waals surface area (Å²) in [5, 5.41) is 19.1. The number of hydrogen-bond donors (Lipinski definition) is 1. The summed E-state index contributed by atoms with van der Waals surface area (Å²) in [6.45, 7) is 0.577. The lowest BCUT2D eigenvalue weighted by Crippen LogP contribution is -2.08. The summed E-state index contributed by atoms with van der Waals surface area (Å²) in [4.78, 5) is 0. The zero-order chi connectivity index (χ0) is 13.1. The van der Waals surface area contributed by atoms with Gasteiger partial charge in [-0.1, -0.05) is 23.3 Å². The number of anilines is 1. The van der Waals surface area contributed by atoms with Crippen molar-refractivity contribution < 1.29 is 0 Å². The number of para-hydroxylation sites is 1. The predicted molar refractivity (Wildman–Crippen MR) is 69.7 cm³/mol. The van der Waals surface area contributed by atoms with E-state index in [1.54, 1.807) is 9.36 Å². The van der Waals surface area contributed by atoms with Crippen LogP contribution in [0.3, 0.4) is 0 Å². The quantitative estimate of drug-likeness (QED) is 0.753. The lowest BCUT2D eigenvalue weighted by Gasteiger charge is -2.05. The van der Waals surface area contributed by atoms with Crippen molar-refractivity contribution in [2.75, 3.05) is 5.32 Å². The Morgan fingerprint density at radius 1 is 1.16 bits per heavy atom. The molecule has 0 saturated heterocycles. The Morgan fingerprint density at radius 2 is 2.00 bits per heavy atom. The van der Waals surface area contributed by atoms with Crippen LogP contribution in [0.5, 0.6) is 0 Å². The van der Waals surface area contributed by atoms with Crippen LogP contribution >= 0.6 is 0 Å². The lowest BCUT2D eigenvalue weighted by atomic mass is 10.3. The van der Waals surface area contributed by atoms with Gasteiger partial charge < -0.3 is 5.32 Å². The molecule has 0 radical (unpaired) electrons. The van der Waals surface area contributed by atoms with Crippen molar-refractivity contribution in [3.05, 3.63) is 48.3 Å². The first-order chi connectivity index (χ1) is 9.33. The van der Waals surface area contributed by atoms with Gasteiger partial charge in [-0.15, -0.1) is 0 Å². The first kappa shape index (κ1) is 11.4. The Hall–Kier alpha value is -2.70. The Balaban J connectivity index is 1.77. The summed E-state index contributed by atoms with van der Waals surface area (Å²) in [6, 6.07) is 11.7. The fourth-order valence-electron chi connectivity index (χ4n) is 1.77. The largest absolute Gasteiger partial charge is 0.347 e. The van der Waals surface area contributed by atoms with Gasteiger partial charge in [-0.3, -0.25) is 4.68 Å². The van der Waals surface area contributed by atoms with Gasteiger partial charge >= 0.3 is 0 Å². The van der Waals surface area contributed by atoms with Crippen LogP contribution in [-0.4, -0.2) is 30.0 Å². The van der Waals surface area contributed by atoms with E-state index >= 15 is 0 Å². The van der Waals surface area contributed by atoms with Gasteiger partial charge in [0.25, 0.3) is 0 Å². The standard InChI is InChI=1S/C12H13N7/c1-18-8-7-10(15-18)9-13-12-14-16-17-19(12)11-5-3-2-4-6-11/h2-8H,9H2,1H3,(H,13,14,17). The Kier molecular flexibility index (Phi) is 2.93. The van der Waals surface area contributed by atoms with E-state index in [0.29, 0.717) is 12.5 Å². The molecule has 0 aliphatic heterocycles. The van der Waals surface area contributed by atoms with E-state index in [1.807, 2.05) is 49.6 Å².